The van der Waals surface area contributed by atoms with Gasteiger partial charge in [0.15, 0.2) is 0 Å². The highest BCUT2D eigenvalue weighted by Gasteiger charge is 2.07. The minimum atomic E-state index is -1.07. The molecule has 0 spiro atoms. The van der Waals surface area contributed by atoms with Crippen molar-refractivity contribution in [3.05, 3.63) is 0 Å². The first-order chi connectivity index (χ1) is 3.06. The smallest absolute Gasteiger partial charge is 0.209 e. The molecule has 0 radical (unpaired) electrons. The Hall–Kier alpha value is -0.570. The lowest BCUT2D eigenvalue weighted by Crippen LogP contribution is -2.37. The van der Waals surface area contributed by atoms with Crippen molar-refractivity contribution in [3.63, 3.8) is 0 Å². The number of hydrogen-bond donors (Lipinski definition) is 2. The third kappa shape index (κ3) is 5.43. The van der Waals surface area contributed by atoms with Crippen LogP contribution < -0.4 is 5.32 Å². The van der Waals surface area contributed by atoms with Crippen molar-refractivity contribution in [1.82, 2.24) is 5.32 Å². The highest BCUT2D eigenvalue weighted by atomic mass is 16.3. The van der Waals surface area contributed by atoms with E-state index in [0.29, 0.717) is 6.41 Å². The largest absolute Gasteiger partial charge is 0.372 e. The summed E-state index contributed by atoms with van der Waals surface area (Å²) in [5.74, 6) is 0. The van der Waals surface area contributed by atoms with Crippen LogP contribution in [0, 0.1) is 0 Å². The van der Waals surface area contributed by atoms with Gasteiger partial charge in [-0.3, -0.25) is 4.79 Å². The van der Waals surface area contributed by atoms with E-state index in [0.717, 1.165) is 0 Å². The van der Waals surface area contributed by atoms with E-state index in [1.165, 1.54) is 13.8 Å². The molecular weight excluding hydrogens is 94.0 g/mol. The summed E-state index contributed by atoms with van der Waals surface area (Å²) in [5, 5.41) is 10.8. The second-order valence-corrected chi connectivity index (χ2v) is 1.82. The highest BCUT2D eigenvalue weighted by Crippen LogP contribution is 1.89. The summed E-state index contributed by atoms with van der Waals surface area (Å²) < 4.78 is 0. The number of hydrogen-bond acceptors (Lipinski definition) is 2. The van der Waals surface area contributed by atoms with Crippen LogP contribution in [0.3, 0.4) is 0 Å². The summed E-state index contributed by atoms with van der Waals surface area (Å²) >= 11 is 0. The Kier molecular flexibility index (Phi) is 1.77. The maximum atomic E-state index is 9.55. The van der Waals surface area contributed by atoms with Crippen molar-refractivity contribution in [1.29, 1.82) is 0 Å². The summed E-state index contributed by atoms with van der Waals surface area (Å²) in [6.45, 7) is 2.98. The van der Waals surface area contributed by atoms with Crippen LogP contribution in [-0.4, -0.2) is 17.2 Å². The van der Waals surface area contributed by atoms with E-state index in [-0.39, 0.29) is 0 Å². The minimum Gasteiger partial charge on any atom is -0.372 e. The number of carbonyl (C=O) groups is 1. The Bertz CT molecular complexity index is 64.6. The lowest BCUT2D eigenvalue weighted by atomic mass is 10.3. The SMILES string of the molecule is CC(C)(O)NC=O. The number of amides is 1. The van der Waals surface area contributed by atoms with Crippen molar-refractivity contribution in [3.8, 4) is 0 Å². The molecule has 2 N–H and O–H groups in total. The molecular formula is C4H9NO2. The van der Waals surface area contributed by atoms with Crippen molar-refractivity contribution >= 4 is 6.41 Å². The first kappa shape index (κ1) is 6.43. The molecule has 0 fully saturated rings. The Morgan fingerprint density at radius 1 is 1.71 bits per heavy atom. The van der Waals surface area contributed by atoms with Gasteiger partial charge in [0, 0.05) is 0 Å². The second-order valence-electron chi connectivity index (χ2n) is 1.82. The molecule has 0 aliphatic carbocycles. The van der Waals surface area contributed by atoms with Gasteiger partial charge >= 0.3 is 0 Å². The van der Waals surface area contributed by atoms with Crippen LogP contribution in [0.4, 0.5) is 0 Å². The van der Waals surface area contributed by atoms with Crippen LogP contribution in [0.25, 0.3) is 0 Å². The molecule has 0 bridgehead atoms. The Balaban J connectivity index is 3.34. The number of nitrogens with one attached hydrogen (secondary N) is 1. The van der Waals surface area contributed by atoms with Gasteiger partial charge in [-0.25, -0.2) is 0 Å². The molecule has 0 aliphatic heterocycles. The van der Waals surface area contributed by atoms with E-state index in [9.17, 15) is 4.79 Å². The molecule has 3 nitrogen and oxygen atoms in total. The Morgan fingerprint density at radius 3 is 2.14 bits per heavy atom. The van der Waals surface area contributed by atoms with Crippen LogP contribution in [0.2, 0.25) is 0 Å². The van der Waals surface area contributed by atoms with Gasteiger partial charge in [0.05, 0.1) is 0 Å². The summed E-state index contributed by atoms with van der Waals surface area (Å²) in [6, 6.07) is 0. The maximum absolute atomic E-state index is 9.55. The van der Waals surface area contributed by atoms with Crippen LogP contribution in [0.15, 0.2) is 0 Å². The molecule has 0 saturated carbocycles. The molecule has 0 saturated heterocycles. The Morgan fingerprint density at radius 2 is 2.14 bits per heavy atom. The van der Waals surface area contributed by atoms with Gasteiger partial charge in [-0.2, -0.15) is 0 Å². The predicted molar refractivity (Wildman–Crippen MR) is 25.5 cm³/mol. The van der Waals surface area contributed by atoms with Gasteiger partial charge in [-0.05, 0) is 13.8 Å². The molecule has 7 heavy (non-hydrogen) atoms. The summed E-state index contributed by atoms with van der Waals surface area (Å²) in [5.41, 5.74) is -1.07. The average Bonchev–Trinajstić information content (AvgIpc) is 1.30. The lowest BCUT2D eigenvalue weighted by Gasteiger charge is -2.13. The summed E-state index contributed by atoms with van der Waals surface area (Å²) in [6.07, 6.45) is 0.458. The van der Waals surface area contributed by atoms with Crippen LogP contribution >= 0.6 is 0 Å². The molecule has 42 valence electrons. The molecule has 0 aromatic rings. The molecule has 3 heteroatoms. The summed E-state index contributed by atoms with van der Waals surface area (Å²) in [7, 11) is 0. The van der Waals surface area contributed by atoms with Crippen molar-refractivity contribution in [2.24, 2.45) is 0 Å². The number of rotatable bonds is 2. The van der Waals surface area contributed by atoms with Crippen LogP contribution in [0.1, 0.15) is 13.8 Å². The first-order valence-corrected chi connectivity index (χ1v) is 2.00. The fourth-order valence-corrected chi connectivity index (χ4v) is 0.144. The van der Waals surface area contributed by atoms with Crippen LogP contribution in [0.5, 0.6) is 0 Å². The van der Waals surface area contributed by atoms with Gasteiger partial charge < -0.3 is 10.4 Å². The third-order valence-corrected chi connectivity index (χ3v) is 0.412. The highest BCUT2D eigenvalue weighted by molar-refractivity contribution is 5.46. The van der Waals surface area contributed by atoms with E-state index in [2.05, 4.69) is 5.32 Å². The maximum Gasteiger partial charge on any atom is 0.209 e. The molecule has 0 heterocycles. The monoisotopic (exact) mass is 103 g/mol. The lowest BCUT2D eigenvalue weighted by molar-refractivity contribution is -0.114. The standard InChI is InChI=1S/C4H9NO2/c1-4(2,7)5-3-6/h3,7H,1-2H3,(H,5,6). The van der Waals surface area contributed by atoms with Crippen LogP contribution in [-0.2, 0) is 4.79 Å². The van der Waals surface area contributed by atoms with E-state index in [1.54, 1.807) is 0 Å². The van der Waals surface area contributed by atoms with Crippen molar-refractivity contribution in [2.45, 2.75) is 19.6 Å². The normalized spacial score (nSPS) is 10.7. The number of aliphatic hydroxyl groups is 1. The van der Waals surface area contributed by atoms with Gasteiger partial charge in [-0.15, -0.1) is 0 Å². The molecule has 0 unspecified atom stereocenters. The fraction of sp³-hybridized carbons (Fsp3) is 0.750. The van der Waals surface area contributed by atoms with E-state index in [4.69, 9.17) is 5.11 Å². The van der Waals surface area contributed by atoms with E-state index in [1.807, 2.05) is 0 Å². The quantitative estimate of drug-likeness (QED) is 0.364. The Labute approximate surface area is 42.3 Å². The first-order valence-electron chi connectivity index (χ1n) is 2.00. The molecule has 0 aromatic heterocycles. The zero-order valence-corrected chi connectivity index (χ0v) is 4.43. The topological polar surface area (TPSA) is 49.3 Å². The third-order valence-electron chi connectivity index (χ3n) is 0.412. The molecule has 0 atom stereocenters. The fourth-order valence-electron chi connectivity index (χ4n) is 0.144. The van der Waals surface area contributed by atoms with Gasteiger partial charge in [0.2, 0.25) is 6.41 Å². The molecule has 0 aliphatic rings. The molecule has 0 rings (SSSR count). The van der Waals surface area contributed by atoms with E-state index >= 15 is 0 Å². The zero-order valence-electron chi connectivity index (χ0n) is 4.43. The van der Waals surface area contributed by atoms with E-state index < -0.39 is 5.72 Å². The second kappa shape index (κ2) is 1.93. The predicted octanol–water partition coefficient (Wildman–Crippen LogP) is -0.539. The number of carbonyl (C=O) groups excluding carboxylic acids is 1. The molecule has 0 aromatic carbocycles. The zero-order chi connectivity index (χ0) is 5.91. The van der Waals surface area contributed by atoms with Crippen molar-refractivity contribution < 1.29 is 9.90 Å². The average molecular weight is 103 g/mol. The van der Waals surface area contributed by atoms with Gasteiger partial charge in [0.25, 0.3) is 0 Å². The van der Waals surface area contributed by atoms with Crippen molar-refractivity contribution in [2.75, 3.05) is 0 Å². The van der Waals surface area contributed by atoms with Gasteiger partial charge in [-0.1, -0.05) is 0 Å². The minimum absolute atomic E-state index is 0.458. The van der Waals surface area contributed by atoms with Gasteiger partial charge in [0.1, 0.15) is 5.72 Å². The summed E-state index contributed by atoms with van der Waals surface area (Å²) in [4.78, 5) is 9.55. The molecule has 1 amide bonds.